The minimum atomic E-state index is 0.0577. The maximum absolute atomic E-state index is 11.9. The fourth-order valence-electron chi connectivity index (χ4n) is 2.65. The maximum atomic E-state index is 11.9. The standard InChI is InChI=1S/C20H23N5O/c1-16-5-4-6-17(15-16)7-10-20(26)22-12-11-21-18-8-9-19(24-23-18)25-13-2-3-14-25/h2-6,8-9,13-15H,7,10-12H2,1H3,(H,21,23)(H,22,26). The topological polar surface area (TPSA) is 71.8 Å². The number of benzene rings is 1. The Kier molecular flexibility index (Phi) is 5.98. The van der Waals surface area contributed by atoms with Gasteiger partial charge in [0.2, 0.25) is 5.91 Å². The summed E-state index contributed by atoms with van der Waals surface area (Å²) in [6.45, 7) is 3.21. The van der Waals surface area contributed by atoms with E-state index in [1.807, 2.05) is 47.3 Å². The molecule has 0 fully saturated rings. The van der Waals surface area contributed by atoms with Crippen molar-refractivity contribution in [2.24, 2.45) is 0 Å². The van der Waals surface area contributed by atoms with Crippen LogP contribution in [0, 0.1) is 6.92 Å². The number of aryl methyl sites for hydroxylation is 2. The summed E-state index contributed by atoms with van der Waals surface area (Å²) >= 11 is 0. The highest BCUT2D eigenvalue weighted by Gasteiger charge is 2.03. The molecule has 0 aliphatic rings. The monoisotopic (exact) mass is 349 g/mol. The number of carbonyl (C=O) groups is 1. The van der Waals surface area contributed by atoms with Gasteiger partial charge in [0.25, 0.3) is 0 Å². The third kappa shape index (κ3) is 5.17. The van der Waals surface area contributed by atoms with E-state index < -0.39 is 0 Å². The highest BCUT2D eigenvalue weighted by Crippen LogP contribution is 2.07. The van der Waals surface area contributed by atoms with Gasteiger partial charge in [-0.15, -0.1) is 10.2 Å². The summed E-state index contributed by atoms with van der Waals surface area (Å²) in [6, 6.07) is 15.9. The Morgan fingerprint density at radius 3 is 2.62 bits per heavy atom. The molecule has 0 radical (unpaired) electrons. The van der Waals surface area contributed by atoms with Gasteiger partial charge >= 0.3 is 0 Å². The Bertz CT molecular complexity index is 828. The lowest BCUT2D eigenvalue weighted by molar-refractivity contribution is -0.120. The Morgan fingerprint density at radius 2 is 1.88 bits per heavy atom. The third-order valence-electron chi connectivity index (χ3n) is 4.00. The van der Waals surface area contributed by atoms with Crippen LogP contribution in [-0.2, 0) is 11.2 Å². The lowest BCUT2D eigenvalue weighted by Gasteiger charge is -2.08. The molecule has 0 unspecified atom stereocenters. The Labute approximate surface area is 153 Å². The number of carbonyl (C=O) groups excluding carboxylic acids is 1. The second-order valence-corrected chi connectivity index (χ2v) is 6.13. The van der Waals surface area contributed by atoms with E-state index in [4.69, 9.17) is 0 Å². The van der Waals surface area contributed by atoms with Gasteiger partial charge in [-0.2, -0.15) is 0 Å². The Morgan fingerprint density at radius 1 is 1.04 bits per heavy atom. The first-order valence-corrected chi connectivity index (χ1v) is 8.74. The smallest absolute Gasteiger partial charge is 0.220 e. The molecule has 0 saturated carbocycles. The van der Waals surface area contributed by atoms with E-state index in [2.05, 4.69) is 46.0 Å². The molecule has 1 amide bonds. The highest BCUT2D eigenvalue weighted by atomic mass is 16.1. The first-order chi connectivity index (χ1) is 12.7. The largest absolute Gasteiger partial charge is 0.367 e. The van der Waals surface area contributed by atoms with Crippen LogP contribution in [0.3, 0.4) is 0 Å². The molecule has 0 bridgehead atoms. The average Bonchev–Trinajstić information content (AvgIpc) is 3.19. The fraction of sp³-hybridized carbons (Fsp3) is 0.250. The zero-order valence-corrected chi connectivity index (χ0v) is 14.9. The summed E-state index contributed by atoms with van der Waals surface area (Å²) in [5.74, 6) is 1.52. The van der Waals surface area contributed by atoms with E-state index in [0.29, 0.717) is 25.3 Å². The van der Waals surface area contributed by atoms with Gasteiger partial charge in [0.15, 0.2) is 5.82 Å². The number of hydrogen-bond donors (Lipinski definition) is 2. The van der Waals surface area contributed by atoms with Crippen molar-refractivity contribution in [1.82, 2.24) is 20.1 Å². The molecule has 0 aliphatic carbocycles. The molecule has 26 heavy (non-hydrogen) atoms. The van der Waals surface area contributed by atoms with Gasteiger partial charge in [0.05, 0.1) is 0 Å². The molecule has 0 spiro atoms. The molecule has 6 nitrogen and oxygen atoms in total. The van der Waals surface area contributed by atoms with Crippen molar-refractivity contribution in [2.75, 3.05) is 18.4 Å². The van der Waals surface area contributed by atoms with Crippen molar-refractivity contribution >= 4 is 11.7 Å². The molecule has 0 atom stereocenters. The van der Waals surface area contributed by atoms with Crippen LogP contribution in [0.2, 0.25) is 0 Å². The lowest BCUT2D eigenvalue weighted by atomic mass is 10.1. The summed E-state index contributed by atoms with van der Waals surface area (Å²) in [5, 5.41) is 14.4. The normalized spacial score (nSPS) is 10.5. The molecule has 134 valence electrons. The number of hydrogen-bond acceptors (Lipinski definition) is 4. The SMILES string of the molecule is Cc1cccc(CCC(=O)NCCNc2ccc(-n3cccc3)nn2)c1. The quantitative estimate of drug-likeness (QED) is 0.614. The predicted molar refractivity (Wildman–Crippen MR) is 102 cm³/mol. The number of nitrogens with one attached hydrogen (secondary N) is 2. The van der Waals surface area contributed by atoms with Crippen LogP contribution in [0.4, 0.5) is 5.82 Å². The summed E-state index contributed by atoms with van der Waals surface area (Å²) in [5.41, 5.74) is 2.41. The molecule has 0 aliphatic heterocycles. The molecule has 3 rings (SSSR count). The first kappa shape index (κ1) is 17.7. The summed E-state index contributed by atoms with van der Waals surface area (Å²) < 4.78 is 1.89. The molecule has 6 heteroatoms. The van der Waals surface area contributed by atoms with Gasteiger partial charge < -0.3 is 15.2 Å². The van der Waals surface area contributed by atoms with Gasteiger partial charge in [-0.3, -0.25) is 4.79 Å². The van der Waals surface area contributed by atoms with Crippen LogP contribution in [0.1, 0.15) is 17.5 Å². The molecule has 3 aromatic rings. The fourth-order valence-corrected chi connectivity index (χ4v) is 2.65. The number of nitrogens with zero attached hydrogens (tertiary/aromatic N) is 3. The molecule has 2 aromatic heterocycles. The molecule has 1 aromatic carbocycles. The first-order valence-electron chi connectivity index (χ1n) is 8.74. The summed E-state index contributed by atoms with van der Waals surface area (Å²) in [6.07, 6.45) is 5.09. The minimum Gasteiger partial charge on any atom is -0.367 e. The zero-order valence-electron chi connectivity index (χ0n) is 14.9. The van der Waals surface area contributed by atoms with Gasteiger partial charge in [0.1, 0.15) is 5.82 Å². The second kappa shape index (κ2) is 8.80. The number of rotatable bonds is 8. The van der Waals surface area contributed by atoms with Crippen LogP contribution >= 0.6 is 0 Å². The highest BCUT2D eigenvalue weighted by molar-refractivity contribution is 5.76. The maximum Gasteiger partial charge on any atom is 0.220 e. The van der Waals surface area contributed by atoms with E-state index in [9.17, 15) is 4.79 Å². The van der Waals surface area contributed by atoms with E-state index in [-0.39, 0.29) is 5.91 Å². The number of anilines is 1. The van der Waals surface area contributed by atoms with Crippen LogP contribution in [0.25, 0.3) is 5.82 Å². The lowest BCUT2D eigenvalue weighted by Crippen LogP contribution is -2.29. The molecule has 2 N–H and O–H groups in total. The van der Waals surface area contributed by atoms with Gasteiger partial charge in [-0.25, -0.2) is 0 Å². The predicted octanol–water partition coefficient (Wildman–Crippen LogP) is 2.74. The van der Waals surface area contributed by atoms with Crippen molar-refractivity contribution in [1.29, 1.82) is 0 Å². The second-order valence-electron chi connectivity index (χ2n) is 6.13. The van der Waals surface area contributed by atoms with E-state index in [1.54, 1.807) is 0 Å². The van der Waals surface area contributed by atoms with E-state index in [0.717, 1.165) is 12.2 Å². The number of amides is 1. The van der Waals surface area contributed by atoms with Crippen molar-refractivity contribution < 1.29 is 4.79 Å². The van der Waals surface area contributed by atoms with Gasteiger partial charge in [-0.1, -0.05) is 29.8 Å². The van der Waals surface area contributed by atoms with Crippen LogP contribution in [0.15, 0.2) is 60.9 Å². The minimum absolute atomic E-state index is 0.0577. The Balaban J connectivity index is 1.35. The van der Waals surface area contributed by atoms with E-state index >= 15 is 0 Å². The average molecular weight is 349 g/mol. The van der Waals surface area contributed by atoms with Crippen molar-refractivity contribution in [3.63, 3.8) is 0 Å². The molecular weight excluding hydrogens is 326 g/mol. The molecular formula is C20H23N5O. The van der Waals surface area contributed by atoms with Crippen molar-refractivity contribution in [3.8, 4) is 5.82 Å². The van der Waals surface area contributed by atoms with Crippen LogP contribution in [0.5, 0.6) is 0 Å². The van der Waals surface area contributed by atoms with Gasteiger partial charge in [-0.05, 0) is 43.2 Å². The number of aromatic nitrogens is 3. The summed E-state index contributed by atoms with van der Waals surface area (Å²) in [4.78, 5) is 11.9. The van der Waals surface area contributed by atoms with Crippen LogP contribution < -0.4 is 10.6 Å². The van der Waals surface area contributed by atoms with E-state index in [1.165, 1.54) is 11.1 Å². The zero-order chi connectivity index (χ0) is 18.2. The third-order valence-corrected chi connectivity index (χ3v) is 4.00. The van der Waals surface area contributed by atoms with Crippen LogP contribution in [-0.4, -0.2) is 33.8 Å². The Hall–Kier alpha value is -3.15. The van der Waals surface area contributed by atoms with Crippen molar-refractivity contribution in [2.45, 2.75) is 19.8 Å². The van der Waals surface area contributed by atoms with Crippen molar-refractivity contribution in [3.05, 3.63) is 72.1 Å². The summed E-state index contributed by atoms with van der Waals surface area (Å²) in [7, 11) is 0. The molecule has 0 saturated heterocycles. The van der Waals surface area contributed by atoms with Gasteiger partial charge in [0, 0.05) is 31.9 Å². The molecule has 2 heterocycles.